The molecular formula is C32H28F4N4O4S. The molecule has 0 saturated carbocycles. The molecule has 1 saturated heterocycles. The summed E-state index contributed by atoms with van der Waals surface area (Å²) in [5, 5.41) is 9.26. The fourth-order valence-electron chi connectivity index (χ4n) is 5.59. The molecule has 1 fully saturated rings. The first kappa shape index (κ1) is 31.8. The second-order valence-corrected chi connectivity index (χ2v) is 13.4. The highest BCUT2D eigenvalue weighted by molar-refractivity contribution is 7.91. The molecule has 1 aliphatic heterocycles. The number of fused-ring (bicyclic) bond motifs is 1. The SMILES string of the molecule is C[C@H](c1nc2ccccn2c(=O)c1-c1ccc(C#N)cc1)N(CC1CCS(=O)(=O)CC1)C(=O)Cc1ccc(F)c(C(F)(F)F)c1. The summed E-state index contributed by atoms with van der Waals surface area (Å²) in [6.45, 7) is 1.71. The molecule has 0 spiro atoms. The topological polar surface area (TPSA) is 113 Å². The number of pyridine rings is 1. The summed E-state index contributed by atoms with van der Waals surface area (Å²) in [5.74, 6) is -2.42. The molecule has 0 bridgehead atoms. The van der Waals surface area contributed by atoms with Gasteiger partial charge in [0, 0.05) is 12.7 Å². The third-order valence-electron chi connectivity index (χ3n) is 8.07. The van der Waals surface area contributed by atoms with Crippen molar-refractivity contribution in [2.75, 3.05) is 18.1 Å². The Labute approximate surface area is 256 Å². The molecule has 0 N–H and O–H groups in total. The lowest BCUT2D eigenvalue weighted by molar-refractivity contribution is -0.140. The predicted octanol–water partition coefficient (Wildman–Crippen LogP) is 5.35. The van der Waals surface area contributed by atoms with Crippen molar-refractivity contribution in [3.63, 3.8) is 0 Å². The van der Waals surface area contributed by atoms with Crippen molar-refractivity contribution in [3.8, 4) is 17.2 Å². The van der Waals surface area contributed by atoms with Crippen LogP contribution >= 0.6 is 0 Å². The van der Waals surface area contributed by atoms with Crippen LogP contribution in [0.1, 0.15) is 48.2 Å². The van der Waals surface area contributed by atoms with Crippen molar-refractivity contribution >= 4 is 21.4 Å². The Balaban J connectivity index is 1.60. The van der Waals surface area contributed by atoms with Crippen molar-refractivity contribution in [3.05, 3.63) is 105 Å². The minimum atomic E-state index is -4.96. The van der Waals surface area contributed by atoms with Gasteiger partial charge in [0.2, 0.25) is 5.91 Å². The lowest BCUT2D eigenvalue weighted by Gasteiger charge is -2.34. The van der Waals surface area contributed by atoms with Gasteiger partial charge in [-0.2, -0.15) is 18.4 Å². The highest BCUT2D eigenvalue weighted by Gasteiger charge is 2.35. The van der Waals surface area contributed by atoms with Crippen molar-refractivity contribution < 1.29 is 30.8 Å². The number of amides is 1. The van der Waals surface area contributed by atoms with E-state index in [0.717, 1.165) is 6.07 Å². The molecule has 8 nitrogen and oxygen atoms in total. The van der Waals surface area contributed by atoms with E-state index < -0.39 is 51.3 Å². The summed E-state index contributed by atoms with van der Waals surface area (Å²) in [6, 6.07) is 14.8. The number of benzene rings is 2. The number of hydrogen-bond donors (Lipinski definition) is 0. The van der Waals surface area contributed by atoms with E-state index in [1.165, 1.54) is 9.30 Å². The smallest absolute Gasteiger partial charge is 0.334 e. The van der Waals surface area contributed by atoms with Crippen LogP contribution in [0.25, 0.3) is 16.8 Å². The summed E-state index contributed by atoms with van der Waals surface area (Å²) in [6.07, 6.45) is -3.35. The highest BCUT2D eigenvalue weighted by Crippen LogP contribution is 2.34. The lowest BCUT2D eigenvalue weighted by Crippen LogP contribution is -2.41. The van der Waals surface area contributed by atoms with Crippen molar-refractivity contribution in [2.24, 2.45) is 5.92 Å². The van der Waals surface area contributed by atoms with Crippen LogP contribution < -0.4 is 5.56 Å². The van der Waals surface area contributed by atoms with Crippen LogP contribution in [0.3, 0.4) is 0 Å². The first-order valence-corrected chi connectivity index (χ1v) is 16.0. The van der Waals surface area contributed by atoms with E-state index in [-0.39, 0.29) is 53.6 Å². The second kappa shape index (κ2) is 12.4. The number of hydrogen-bond acceptors (Lipinski definition) is 6. The van der Waals surface area contributed by atoms with Gasteiger partial charge in [-0.15, -0.1) is 0 Å². The third-order valence-corrected chi connectivity index (χ3v) is 9.78. The monoisotopic (exact) mass is 640 g/mol. The highest BCUT2D eigenvalue weighted by atomic mass is 32.2. The standard InChI is InChI=1S/C32H28F4N4O4S/c1-20(30-29(24-8-5-21(18-37)6-9-24)31(42)39-13-3-2-4-27(39)38-30)40(19-22-11-14-45(43,44)15-12-22)28(41)17-23-7-10-26(33)25(16-23)32(34,35)36/h2-10,13,16,20,22H,11-12,14-15,17,19H2,1H3/t20-/m1/s1. The Morgan fingerprint density at radius 3 is 2.44 bits per heavy atom. The maximum absolute atomic E-state index is 14.0. The van der Waals surface area contributed by atoms with Gasteiger partial charge in [-0.3, -0.25) is 14.0 Å². The van der Waals surface area contributed by atoms with Crippen molar-refractivity contribution in [1.82, 2.24) is 14.3 Å². The number of nitrogens with zero attached hydrogens (tertiary/aromatic N) is 4. The van der Waals surface area contributed by atoms with E-state index in [0.29, 0.717) is 28.9 Å². The Hall–Kier alpha value is -4.57. The van der Waals surface area contributed by atoms with E-state index in [9.17, 15) is 40.8 Å². The molecule has 3 heterocycles. The van der Waals surface area contributed by atoms with E-state index in [1.54, 1.807) is 55.6 Å². The molecule has 13 heteroatoms. The fourth-order valence-corrected chi connectivity index (χ4v) is 7.18. The molecule has 0 radical (unpaired) electrons. The van der Waals surface area contributed by atoms with Gasteiger partial charge >= 0.3 is 6.18 Å². The first-order chi connectivity index (χ1) is 21.3. The first-order valence-electron chi connectivity index (χ1n) is 14.1. The van der Waals surface area contributed by atoms with Gasteiger partial charge in [-0.25, -0.2) is 17.8 Å². The van der Waals surface area contributed by atoms with Gasteiger partial charge in [-0.1, -0.05) is 24.3 Å². The van der Waals surface area contributed by atoms with E-state index in [2.05, 4.69) is 0 Å². The Morgan fingerprint density at radius 1 is 1.11 bits per heavy atom. The van der Waals surface area contributed by atoms with Gasteiger partial charge in [-0.05, 0) is 73.2 Å². The number of carbonyl (C=O) groups excluding carboxylic acids is 1. The molecule has 4 aromatic rings. The molecule has 5 rings (SSSR count). The van der Waals surface area contributed by atoms with Crippen molar-refractivity contribution in [1.29, 1.82) is 5.26 Å². The summed E-state index contributed by atoms with van der Waals surface area (Å²) >= 11 is 0. The number of sulfone groups is 1. The second-order valence-electron chi connectivity index (χ2n) is 11.1. The van der Waals surface area contributed by atoms with Gasteiger partial charge in [0.1, 0.15) is 21.3 Å². The number of aromatic nitrogens is 2. The third kappa shape index (κ3) is 6.91. The number of carbonyl (C=O) groups is 1. The summed E-state index contributed by atoms with van der Waals surface area (Å²) in [7, 11) is -3.22. The van der Waals surface area contributed by atoms with Crippen LogP contribution in [0.15, 0.2) is 71.7 Å². The average Bonchev–Trinajstić information content (AvgIpc) is 3.00. The number of rotatable bonds is 7. The molecule has 0 unspecified atom stereocenters. The summed E-state index contributed by atoms with van der Waals surface area (Å²) < 4.78 is 79.8. The van der Waals surface area contributed by atoms with Gasteiger partial charge in [0.25, 0.3) is 5.56 Å². The molecular weight excluding hydrogens is 612 g/mol. The molecule has 234 valence electrons. The maximum atomic E-state index is 14.0. The molecule has 0 aliphatic carbocycles. The molecule has 1 atom stereocenters. The number of alkyl halides is 3. The molecule has 2 aromatic heterocycles. The number of halogens is 4. The summed E-state index contributed by atoms with van der Waals surface area (Å²) in [4.78, 5) is 34.0. The van der Waals surface area contributed by atoms with E-state index in [4.69, 9.17) is 4.98 Å². The predicted molar refractivity (Wildman–Crippen MR) is 158 cm³/mol. The maximum Gasteiger partial charge on any atom is 0.419 e. The molecule has 45 heavy (non-hydrogen) atoms. The fraction of sp³-hybridized carbons (Fsp3) is 0.312. The summed E-state index contributed by atoms with van der Waals surface area (Å²) in [5.41, 5.74) is -0.486. The van der Waals surface area contributed by atoms with E-state index >= 15 is 0 Å². The van der Waals surface area contributed by atoms with E-state index in [1.807, 2.05) is 6.07 Å². The van der Waals surface area contributed by atoms with Gasteiger partial charge in [0.05, 0.1) is 52.4 Å². The number of nitriles is 1. The van der Waals surface area contributed by atoms with Crippen LogP contribution in [-0.4, -0.2) is 46.7 Å². The Morgan fingerprint density at radius 2 is 1.80 bits per heavy atom. The van der Waals surface area contributed by atoms with Crippen LogP contribution in [0.4, 0.5) is 17.6 Å². The molecule has 1 amide bonds. The van der Waals surface area contributed by atoms with Gasteiger partial charge < -0.3 is 4.90 Å². The Bertz CT molecular complexity index is 1950. The zero-order valence-corrected chi connectivity index (χ0v) is 24.9. The van der Waals surface area contributed by atoms with Crippen LogP contribution in [0.5, 0.6) is 0 Å². The molecule has 1 aliphatic rings. The quantitative estimate of drug-likeness (QED) is 0.252. The lowest BCUT2D eigenvalue weighted by atomic mass is 9.96. The zero-order chi connectivity index (χ0) is 32.5. The largest absolute Gasteiger partial charge is 0.419 e. The molecule has 2 aromatic carbocycles. The average molecular weight is 641 g/mol. The minimum Gasteiger partial charge on any atom is -0.334 e. The van der Waals surface area contributed by atoms with Crippen LogP contribution in [-0.2, 0) is 27.2 Å². The zero-order valence-electron chi connectivity index (χ0n) is 24.1. The minimum absolute atomic E-state index is 0.0593. The normalized spacial score (nSPS) is 15.8. The van der Waals surface area contributed by atoms with Crippen molar-refractivity contribution in [2.45, 2.75) is 38.4 Å². The van der Waals surface area contributed by atoms with Crippen LogP contribution in [0.2, 0.25) is 0 Å². The van der Waals surface area contributed by atoms with Crippen LogP contribution in [0, 0.1) is 23.1 Å². The Kier molecular flexibility index (Phi) is 8.80. The van der Waals surface area contributed by atoms with Gasteiger partial charge in [0.15, 0.2) is 0 Å².